The Bertz CT molecular complexity index is 1370. The van der Waals surface area contributed by atoms with Gasteiger partial charge in [-0.15, -0.1) is 0 Å². The van der Waals surface area contributed by atoms with E-state index in [1.54, 1.807) is 72.8 Å². The number of ketones is 2. The van der Waals surface area contributed by atoms with Crippen LogP contribution in [0.5, 0.6) is 0 Å². The van der Waals surface area contributed by atoms with Crippen LogP contribution in [0.4, 0.5) is 23.3 Å². The van der Waals surface area contributed by atoms with E-state index in [0.29, 0.717) is 34.2 Å². The molecule has 7 heteroatoms. The molecule has 0 aliphatic rings. The number of hydrogen-bond acceptors (Lipinski definition) is 7. The number of rotatable bonds is 8. The van der Waals surface area contributed by atoms with Gasteiger partial charge >= 0.3 is 0 Å². The summed E-state index contributed by atoms with van der Waals surface area (Å²) in [6, 6.07) is 32.5. The van der Waals surface area contributed by atoms with Crippen LogP contribution in [0.2, 0.25) is 0 Å². The molecule has 36 heavy (non-hydrogen) atoms. The lowest BCUT2D eigenvalue weighted by Crippen LogP contribution is -2.04. The van der Waals surface area contributed by atoms with Crippen LogP contribution in [0.3, 0.4) is 0 Å². The van der Waals surface area contributed by atoms with Gasteiger partial charge in [-0.25, -0.2) is 9.97 Å². The normalized spacial score (nSPS) is 10.4. The first kappa shape index (κ1) is 22.6. The number of anilines is 4. The highest BCUT2D eigenvalue weighted by Crippen LogP contribution is 2.19. The summed E-state index contributed by atoms with van der Waals surface area (Å²) in [5.41, 5.74) is 3.95. The van der Waals surface area contributed by atoms with Crippen LogP contribution in [0, 0.1) is 0 Å². The molecule has 174 valence electrons. The maximum atomic E-state index is 12.6. The molecule has 0 fully saturated rings. The summed E-state index contributed by atoms with van der Waals surface area (Å²) < 4.78 is 0. The van der Waals surface area contributed by atoms with E-state index in [1.807, 2.05) is 36.4 Å². The molecule has 0 unspecified atom stereocenters. The summed E-state index contributed by atoms with van der Waals surface area (Å²) in [5, 5.41) is 6.24. The van der Waals surface area contributed by atoms with E-state index < -0.39 is 0 Å². The van der Waals surface area contributed by atoms with Crippen LogP contribution in [-0.4, -0.2) is 26.5 Å². The first-order valence-corrected chi connectivity index (χ1v) is 11.3. The van der Waals surface area contributed by atoms with Crippen molar-refractivity contribution in [2.24, 2.45) is 0 Å². The van der Waals surface area contributed by atoms with Crippen molar-refractivity contribution in [3.8, 4) is 0 Å². The Balaban J connectivity index is 1.24. The van der Waals surface area contributed by atoms with Crippen molar-refractivity contribution in [3.05, 3.63) is 138 Å². The van der Waals surface area contributed by atoms with Gasteiger partial charge in [0.15, 0.2) is 11.6 Å². The average Bonchev–Trinajstić information content (AvgIpc) is 2.94. The first-order chi connectivity index (χ1) is 17.7. The SMILES string of the molecule is O=C(c1ccccc1)c1ccc(Nc2ncnc(Nc3ccc(C(=O)c4ccccc4)cc3)n2)cc1. The fourth-order valence-corrected chi connectivity index (χ4v) is 3.60. The molecular weight excluding hydrogens is 450 g/mol. The molecule has 1 heterocycles. The van der Waals surface area contributed by atoms with Crippen molar-refractivity contribution in [2.75, 3.05) is 10.6 Å². The van der Waals surface area contributed by atoms with Gasteiger partial charge in [-0.2, -0.15) is 4.98 Å². The predicted molar refractivity (Wildman–Crippen MR) is 139 cm³/mol. The highest BCUT2D eigenvalue weighted by molar-refractivity contribution is 6.09. The molecule has 0 aliphatic carbocycles. The summed E-state index contributed by atoms with van der Waals surface area (Å²) >= 11 is 0. The van der Waals surface area contributed by atoms with E-state index in [-0.39, 0.29) is 11.6 Å². The summed E-state index contributed by atoms with van der Waals surface area (Å²) in [7, 11) is 0. The zero-order chi connectivity index (χ0) is 24.7. The van der Waals surface area contributed by atoms with Gasteiger partial charge in [-0.3, -0.25) is 9.59 Å². The standard InChI is InChI=1S/C29H21N5O2/c35-26(20-7-3-1-4-8-20)22-11-15-24(16-12-22)32-28-30-19-31-29(34-28)33-25-17-13-23(14-18-25)27(36)21-9-5-2-6-10-21/h1-19H,(H2,30,31,32,33,34). The lowest BCUT2D eigenvalue weighted by molar-refractivity contribution is 0.103. The van der Waals surface area contributed by atoms with Gasteiger partial charge in [0.2, 0.25) is 11.9 Å². The van der Waals surface area contributed by atoms with Crippen LogP contribution in [-0.2, 0) is 0 Å². The molecule has 2 N–H and O–H groups in total. The Morgan fingerprint density at radius 2 is 0.833 bits per heavy atom. The van der Waals surface area contributed by atoms with Crippen molar-refractivity contribution in [1.82, 2.24) is 15.0 Å². The van der Waals surface area contributed by atoms with Gasteiger partial charge < -0.3 is 10.6 Å². The monoisotopic (exact) mass is 471 g/mol. The van der Waals surface area contributed by atoms with E-state index >= 15 is 0 Å². The molecule has 0 aliphatic heterocycles. The van der Waals surface area contributed by atoms with Gasteiger partial charge in [0.1, 0.15) is 6.33 Å². The lowest BCUT2D eigenvalue weighted by Gasteiger charge is -2.09. The van der Waals surface area contributed by atoms with Crippen LogP contribution in [0.1, 0.15) is 31.8 Å². The third-order valence-corrected chi connectivity index (χ3v) is 5.45. The lowest BCUT2D eigenvalue weighted by atomic mass is 10.0. The molecule has 4 aromatic carbocycles. The van der Waals surface area contributed by atoms with Crippen LogP contribution in [0.25, 0.3) is 0 Å². The molecule has 1 aromatic heterocycles. The third-order valence-electron chi connectivity index (χ3n) is 5.45. The van der Waals surface area contributed by atoms with Gasteiger partial charge in [0.25, 0.3) is 0 Å². The molecule has 0 atom stereocenters. The molecular formula is C29H21N5O2. The second-order valence-corrected chi connectivity index (χ2v) is 7.93. The molecule has 0 spiro atoms. The van der Waals surface area contributed by atoms with Gasteiger partial charge in [-0.1, -0.05) is 60.7 Å². The van der Waals surface area contributed by atoms with E-state index in [2.05, 4.69) is 25.6 Å². The minimum Gasteiger partial charge on any atom is -0.324 e. The largest absolute Gasteiger partial charge is 0.324 e. The number of benzene rings is 4. The molecule has 0 amide bonds. The van der Waals surface area contributed by atoms with Crippen molar-refractivity contribution in [1.29, 1.82) is 0 Å². The second kappa shape index (κ2) is 10.4. The quantitative estimate of drug-likeness (QED) is 0.275. The molecule has 0 saturated carbocycles. The Morgan fingerprint density at radius 1 is 0.472 bits per heavy atom. The Hall–Kier alpha value is -5.17. The van der Waals surface area contributed by atoms with Crippen molar-refractivity contribution >= 4 is 34.8 Å². The maximum Gasteiger partial charge on any atom is 0.232 e. The average molecular weight is 472 g/mol. The molecule has 0 radical (unpaired) electrons. The highest BCUT2D eigenvalue weighted by Gasteiger charge is 2.10. The molecule has 0 bridgehead atoms. The van der Waals surface area contributed by atoms with Crippen molar-refractivity contribution in [3.63, 3.8) is 0 Å². The third kappa shape index (κ3) is 5.31. The molecule has 7 nitrogen and oxygen atoms in total. The summed E-state index contributed by atoms with van der Waals surface area (Å²) in [6.45, 7) is 0. The summed E-state index contributed by atoms with van der Waals surface area (Å²) in [5.74, 6) is 0.631. The first-order valence-electron chi connectivity index (χ1n) is 11.3. The number of nitrogens with zero attached hydrogens (tertiary/aromatic N) is 3. The highest BCUT2D eigenvalue weighted by atomic mass is 16.1. The number of carbonyl (C=O) groups is 2. The van der Waals surface area contributed by atoms with Crippen LogP contribution < -0.4 is 10.6 Å². The Kier molecular flexibility index (Phi) is 6.53. The fourth-order valence-electron chi connectivity index (χ4n) is 3.60. The topological polar surface area (TPSA) is 96.9 Å². The Labute approximate surface area is 207 Å². The van der Waals surface area contributed by atoms with E-state index in [0.717, 1.165) is 11.4 Å². The molecule has 5 aromatic rings. The van der Waals surface area contributed by atoms with Gasteiger partial charge in [0, 0.05) is 33.6 Å². The van der Waals surface area contributed by atoms with Crippen LogP contribution in [0.15, 0.2) is 116 Å². The number of hydrogen-bond donors (Lipinski definition) is 2. The minimum absolute atomic E-state index is 0.0368. The molecule has 5 rings (SSSR count). The number of aromatic nitrogens is 3. The van der Waals surface area contributed by atoms with Crippen molar-refractivity contribution < 1.29 is 9.59 Å². The zero-order valence-corrected chi connectivity index (χ0v) is 19.1. The fraction of sp³-hybridized carbons (Fsp3) is 0. The smallest absolute Gasteiger partial charge is 0.232 e. The minimum atomic E-state index is -0.0368. The van der Waals surface area contributed by atoms with Crippen LogP contribution >= 0.6 is 0 Å². The zero-order valence-electron chi connectivity index (χ0n) is 19.1. The van der Waals surface area contributed by atoms with E-state index in [9.17, 15) is 9.59 Å². The summed E-state index contributed by atoms with van der Waals surface area (Å²) in [6.07, 6.45) is 1.40. The van der Waals surface area contributed by atoms with Crippen molar-refractivity contribution in [2.45, 2.75) is 0 Å². The summed E-state index contributed by atoms with van der Waals surface area (Å²) in [4.78, 5) is 37.9. The Morgan fingerprint density at radius 3 is 1.22 bits per heavy atom. The predicted octanol–water partition coefficient (Wildman–Crippen LogP) is 5.82. The number of nitrogens with one attached hydrogen (secondary N) is 2. The van der Waals surface area contributed by atoms with E-state index in [4.69, 9.17) is 0 Å². The number of carbonyl (C=O) groups excluding carboxylic acids is 2. The van der Waals surface area contributed by atoms with Gasteiger partial charge in [0.05, 0.1) is 0 Å². The maximum absolute atomic E-state index is 12.6. The molecule has 0 saturated heterocycles. The van der Waals surface area contributed by atoms with E-state index in [1.165, 1.54) is 6.33 Å². The van der Waals surface area contributed by atoms with Gasteiger partial charge in [-0.05, 0) is 48.5 Å². The second-order valence-electron chi connectivity index (χ2n) is 7.93.